The second-order valence-electron chi connectivity index (χ2n) is 5.36. The molecule has 3 rings (SSSR count). The van der Waals surface area contributed by atoms with Crippen molar-refractivity contribution in [3.63, 3.8) is 0 Å². The van der Waals surface area contributed by atoms with Crippen molar-refractivity contribution in [2.24, 2.45) is 5.73 Å². The Hall–Kier alpha value is -2.83. The van der Waals surface area contributed by atoms with Gasteiger partial charge in [0.25, 0.3) is 5.91 Å². The highest BCUT2D eigenvalue weighted by Crippen LogP contribution is 2.31. The Balaban J connectivity index is 1.91. The zero-order valence-electron chi connectivity index (χ0n) is 12.7. The van der Waals surface area contributed by atoms with Crippen LogP contribution in [0.1, 0.15) is 23.2 Å². The number of nitrogens with two attached hydrogens (primary N) is 1. The molecular formula is C16H17N3O4. The van der Waals surface area contributed by atoms with Gasteiger partial charge >= 0.3 is 0 Å². The van der Waals surface area contributed by atoms with Gasteiger partial charge in [-0.3, -0.25) is 14.6 Å². The molecule has 1 aromatic carbocycles. The Morgan fingerprint density at radius 2 is 2.26 bits per heavy atom. The van der Waals surface area contributed by atoms with Gasteiger partial charge in [-0.25, -0.2) is 0 Å². The first-order valence-corrected chi connectivity index (χ1v) is 7.27. The lowest BCUT2D eigenvalue weighted by Gasteiger charge is -2.14. The summed E-state index contributed by atoms with van der Waals surface area (Å²) in [7, 11) is 1.47. The van der Waals surface area contributed by atoms with Crippen LogP contribution < -0.4 is 20.5 Å². The van der Waals surface area contributed by atoms with Crippen molar-refractivity contribution in [2.45, 2.75) is 18.9 Å². The van der Waals surface area contributed by atoms with E-state index in [0.717, 1.165) is 11.8 Å². The number of ether oxygens (including phenoxy) is 2. The molecule has 0 aliphatic carbocycles. The van der Waals surface area contributed by atoms with Gasteiger partial charge in [0, 0.05) is 18.0 Å². The minimum atomic E-state index is -0.578. The van der Waals surface area contributed by atoms with Crippen molar-refractivity contribution in [3.05, 3.63) is 30.0 Å². The number of rotatable bonds is 5. The molecule has 1 aromatic heterocycles. The summed E-state index contributed by atoms with van der Waals surface area (Å²) >= 11 is 0. The highest BCUT2D eigenvalue weighted by molar-refractivity contribution is 6.01. The van der Waals surface area contributed by atoms with Crippen molar-refractivity contribution in [1.82, 2.24) is 10.3 Å². The van der Waals surface area contributed by atoms with Crippen LogP contribution in [0.3, 0.4) is 0 Å². The quantitative estimate of drug-likeness (QED) is 0.856. The van der Waals surface area contributed by atoms with Crippen LogP contribution in [0.25, 0.3) is 10.9 Å². The topological polar surface area (TPSA) is 104 Å². The number of fused-ring (bicyclic) bond motifs is 1. The zero-order chi connectivity index (χ0) is 16.4. The van der Waals surface area contributed by atoms with E-state index in [1.165, 1.54) is 7.11 Å². The highest BCUT2D eigenvalue weighted by atomic mass is 16.5. The summed E-state index contributed by atoms with van der Waals surface area (Å²) in [5.41, 5.74) is 6.22. The maximum absolute atomic E-state index is 11.5. The molecule has 1 saturated heterocycles. The SMILES string of the molecule is COc1cc2c(OCC3CCC(=O)N3)ccnc2cc1C(N)=O. The molecule has 120 valence electrons. The Morgan fingerprint density at radius 3 is 2.91 bits per heavy atom. The van der Waals surface area contributed by atoms with Gasteiger partial charge in [0.1, 0.15) is 18.1 Å². The minimum absolute atomic E-state index is 0.0116. The van der Waals surface area contributed by atoms with Crippen molar-refractivity contribution >= 4 is 22.7 Å². The zero-order valence-corrected chi connectivity index (χ0v) is 12.7. The fourth-order valence-corrected chi connectivity index (χ4v) is 2.63. The largest absolute Gasteiger partial charge is 0.496 e. The normalized spacial score (nSPS) is 17.1. The maximum Gasteiger partial charge on any atom is 0.252 e. The molecule has 2 heterocycles. The second kappa shape index (κ2) is 6.12. The standard InChI is InChI=1S/C16H17N3O4/c1-22-14-7-10-12(6-11(14)16(17)21)18-5-4-13(10)23-8-9-2-3-15(20)19-9/h4-7,9H,2-3,8H2,1H3,(H2,17,21)(H,19,20). The number of nitrogens with one attached hydrogen (secondary N) is 1. The van der Waals surface area contributed by atoms with Crippen molar-refractivity contribution in [3.8, 4) is 11.5 Å². The molecule has 0 spiro atoms. The second-order valence-corrected chi connectivity index (χ2v) is 5.36. The van der Waals surface area contributed by atoms with Gasteiger partial charge < -0.3 is 20.5 Å². The van der Waals surface area contributed by atoms with Crippen LogP contribution >= 0.6 is 0 Å². The Bertz CT molecular complexity index is 775. The number of pyridine rings is 1. The molecule has 2 aromatic rings. The van der Waals surface area contributed by atoms with Gasteiger partial charge in [-0.15, -0.1) is 0 Å². The molecule has 7 nitrogen and oxygen atoms in total. The van der Waals surface area contributed by atoms with Gasteiger partial charge in [0.15, 0.2) is 0 Å². The smallest absolute Gasteiger partial charge is 0.252 e. The van der Waals surface area contributed by atoms with Gasteiger partial charge in [-0.05, 0) is 24.6 Å². The number of carbonyl (C=O) groups is 2. The predicted molar refractivity (Wildman–Crippen MR) is 83.5 cm³/mol. The molecule has 0 radical (unpaired) electrons. The third-order valence-electron chi connectivity index (χ3n) is 3.81. The third-order valence-corrected chi connectivity index (χ3v) is 3.81. The summed E-state index contributed by atoms with van der Waals surface area (Å²) < 4.78 is 11.0. The van der Waals surface area contributed by atoms with E-state index in [9.17, 15) is 9.59 Å². The first-order chi connectivity index (χ1) is 11.1. The number of aromatic nitrogens is 1. The molecule has 1 fully saturated rings. The van der Waals surface area contributed by atoms with Crippen molar-refractivity contribution < 1.29 is 19.1 Å². The van der Waals surface area contributed by atoms with E-state index in [0.29, 0.717) is 30.0 Å². The molecule has 1 unspecified atom stereocenters. The van der Waals surface area contributed by atoms with Crippen LogP contribution in [0, 0.1) is 0 Å². The number of nitrogens with zero attached hydrogens (tertiary/aromatic N) is 1. The van der Waals surface area contributed by atoms with E-state index >= 15 is 0 Å². The number of carbonyl (C=O) groups excluding carboxylic acids is 2. The average Bonchev–Trinajstić information content (AvgIpc) is 2.96. The third kappa shape index (κ3) is 3.03. The number of hydrogen-bond donors (Lipinski definition) is 2. The van der Waals surface area contributed by atoms with Gasteiger partial charge in [-0.1, -0.05) is 0 Å². The summed E-state index contributed by atoms with van der Waals surface area (Å²) in [6.07, 6.45) is 2.89. The van der Waals surface area contributed by atoms with Crippen LogP contribution in [-0.2, 0) is 4.79 Å². The molecule has 0 saturated carbocycles. The van der Waals surface area contributed by atoms with Gasteiger partial charge in [-0.2, -0.15) is 0 Å². The molecule has 7 heteroatoms. The first-order valence-electron chi connectivity index (χ1n) is 7.27. The lowest BCUT2D eigenvalue weighted by Crippen LogP contribution is -2.30. The first kappa shape index (κ1) is 15.1. The van der Waals surface area contributed by atoms with Crippen LogP contribution in [0.4, 0.5) is 0 Å². The van der Waals surface area contributed by atoms with Crippen LogP contribution in [0.2, 0.25) is 0 Å². The molecule has 2 amide bonds. The summed E-state index contributed by atoms with van der Waals surface area (Å²) in [5, 5.41) is 3.57. The molecule has 1 atom stereocenters. The monoisotopic (exact) mass is 315 g/mol. The van der Waals surface area contributed by atoms with Gasteiger partial charge in [0.05, 0.1) is 24.2 Å². The molecule has 0 bridgehead atoms. The van der Waals surface area contributed by atoms with E-state index in [1.54, 1.807) is 24.4 Å². The summed E-state index contributed by atoms with van der Waals surface area (Å²) in [5.74, 6) is 0.457. The lowest BCUT2D eigenvalue weighted by molar-refractivity contribution is -0.119. The number of amides is 2. The molecule has 23 heavy (non-hydrogen) atoms. The molecule has 1 aliphatic heterocycles. The fourth-order valence-electron chi connectivity index (χ4n) is 2.63. The predicted octanol–water partition coefficient (Wildman–Crippen LogP) is 1.000. The number of methoxy groups -OCH3 is 1. The number of hydrogen-bond acceptors (Lipinski definition) is 5. The van der Waals surface area contributed by atoms with E-state index < -0.39 is 5.91 Å². The molecular weight excluding hydrogens is 298 g/mol. The fraction of sp³-hybridized carbons (Fsp3) is 0.312. The average molecular weight is 315 g/mol. The summed E-state index contributed by atoms with van der Waals surface area (Å²) in [6, 6.07) is 5.02. The Labute approximate surface area is 132 Å². The van der Waals surface area contributed by atoms with E-state index in [4.69, 9.17) is 15.2 Å². The van der Waals surface area contributed by atoms with Crippen LogP contribution in [-0.4, -0.2) is 36.6 Å². The van der Waals surface area contributed by atoms with Gasteiger partial charge in [0.2, 0.25) is 5.91 Å². The van der Waals surface area contributed by atoms with Crippen LogP contribution in [0.15, 0.2) is 24.4 Å². The minimum Gasteiger partial charge on any atom is -0.496 e. The highest BCUT2D eigenvalue weighted by Gasteiger charge is 2.21. The van der Waals surface area contributed by atoms with Crippen molar-refractivity contribution in [2.75, 3.05) is 13.7 Å². The van der Waals surface area contributed by atoms with E-state index in [1.807, 2.05) is 0 Å². The number of benzene rings is 1. The van der Waals surface area contributed by atoms with E-state index in [2.05, 4.69) is 10.3 Å². The van der Waals surface area contributed by atoms with E-state index in [-0.39, 0.29) is 17.5 Å². The molecule has 3 N–H and O–H groups in total. The van der Waals surface area contributed by atoms with Crippen LogP contribution in [0.5, 0.6) is 11.5 Å². The van der Waals surface area contributed by atoms with Crippen molar-refractivity contribution in [1.29, 1.82) is 0 Å². The Kier molecular flexibility index (Phi) is 4.01. The Morgan fingerprint density at radius 1 is 1.43 bits per heavy atom. The molecule has 1 aliphatic rings. The lowest BCUT2D eigenvalue weighted by atomic mass is 10.1. The number of primary amides is 1. The summed E-state index contributed by atoms with van der Waals surface area (Å²) in [4.78, 5) is 26.9. The summed E-state index contributed by atoms with van der Waals surface area (Å²) in [6.45, 7) is 0.380. The maximum atomic E-state index is 11.5.